The van der Waals surface area contributed by atoms with Crippen molar-refractivity contribution in [2.75, 3.05) is 0 Å². The first-order chi connectivity index (χ1) is 35.5. The number of carbonyl (C=O) groups excluding carboxylic acids is 2. The number of allylic oxidation sites excluding steroid dienone is 12. The molecule has 0 bridgehead atoms. The zero-order valence-corrected chi connectivity index (χ0v) is 43.7. The number of hydrogen-bond acceptors (Lipinski definition) is 18. The minimum Gasteiger partial charge on any atom is -0.481 e. The van der Waals surface area contributed by atoms with Crippen molar-refractivity contribution in [3.8, 4) is 0 Å². The number of ether oxygens (including phenoxy) is 3. The lowest BCUT2D eigenvalue weighted by molar-refractivity contribution is -0.281. The molecular weight excluding hydrogens is 998 g/mol. The summed E-state index contributed by atoms with van der Waals surface area (Å²) in [6.07, 6.45) is 0.322. The van der Waals surface area contributed by atoms with E-state index in [2.05, 4.69) is 5.32 Å². The SMILES string of the molecule is CC1/C=C/C=C/C=C/C=C/C=C/C=C/C=C/C(O[C@@H]2O[C@@H](C)[C@H](O)[C@H](NC(c3ccccc3)[P+](=O)O)[C@H]2O)CC(O)C(C(=O)O)C(O)CC(=O)CC(O)C(O)CCC(O)CC(O)CC(O)CC(=O)OC(C)C(C)C1O. The molecule has 15 unspecified atom stereocenters. The Morgan fingerprint density at radius 3 is 1.75 bits per heavy atom. The molecule has 21 heteroatoms. The first-order valence-corrected chi connectivity index (χ1v) is 26.5. The van der Waals surface area contributed by atoms with Crippen molar-refractivity contribution in [2.24, 2.45) is 17.8 Å². The molecule has 75 heavy (non-hydrogen) atoms. The van der Waals surface area contributed by atoms with E-state index in [0.29, 0.717) is 5.56 Å². The first-order valence-electron chi connectivity index (χ1n) is 25.2. The van der Waals surface area contributed by atoms with Gasteiger partial charge >= 0.3 is 20.0 Å². The van der Waals surface area contributed by atoms with Gasteiger partial charge in [-0.05, 0) is 44.1 Å². The molecule has 0 amide bonds. The molecule has 0 saturated carbocycles. The number of ketones is 1. The Labute approximate surface area is 439 Å². The quantitative estimate of drug-likeness (QED) is 0.138. The van der Waals surface area contributed by atoms with E-state index in [4.69, 9.17) is 14.2 Å². The number of carboxylic acid groups (broad SMARTS) is 1. The Bertz CT molecular complexity index is 2120. The van der Waals surface area contributed by atoms with E-state index in [9.17, 15) is 80.0 Å². The van der Waals surface area contributed by atoms with Crippen LogP contribution in [0.2, 0.25) is 0 Å². The standard InChI is InChI=1S/C54H78NO19P/c1-32-20-16-13-11-9-7-5-6-8-10-12-14-19-23-41(74-54-51(67)48(50(66)35(4)73-54)55-52(75(70)71)36-21-17-15-18-22-36)31-45(63)47(53(68)69)44(62)29-40(59)28-43(61)42(60)25-24-37(56)26-38(57)27-39(58)30-46(64)72-34(3)33(2)49(32)65/h5-23,32-35,37-39,41-45,47-52,54-58,60-63,65-67H,24-31H2,1-4H3,(H-,68,69,70,71)/p+1/b6-5+,9-7+,10-8+,13-11+,14-12+,20-16+,23-19+/t32?,33?,34?,35-,37?,38?,39?,41?,42?,43?,44?,45?,47?,48-,49?,50-,51+,52?,54-/m0/s1. The third-order valence-corrected chi connectivity index (χ3v) is 14.0. The van der Waals surface area contributed by atoms with E-state index in [1.165, 1.54) is 19.1 Å². The van der Waals surface area contributed by atoms with Gasteiger partial charge in [-0.3, -0.25) is 19.7 Å². The molecule has 2 aliphatic rings. The minimum atomic E-state index is -2.94. The van der Waals surface area contributed by atoms with Gasteiger partial charge in [0.2, 0.25) is 0 Å². The van der Waals surface area contributed by atoms with Crippen LogP contribution in [0.1, 0.15) is 90.4 Å². The molecule has 0 radical (unpaired) electrons. The molecule has 2 aliphatic heterocycles. The molecule has 1 aromatic rings. The molecule has 20 nitrogen and oxygen atoms in total. The summed E-state index contributed by atoms with van der Waals surface area (Å²) < 4.78 is 29.9. The van der Waals surface area contributed by atoms with Gasteiger partial charge in [0.15, 0.2) is 6.29 Å². The number of esters is 1. The number of Topliss-reactive ketones (excluding diaryl/α,β-unsaturated/α-hetero) is 1. The number of carbonyl (C=O) groups is 3. The molecule has 3 rings (SSSR count). The van der Waals surface area contributed by atoms with Gasteiger partial charge in [0.25, 0.3) is 5.78 Å². The van der Waals surface area contributed by atoms with Crippen molar-refractivity contribution >= 4 is 25.7 Å². The van der Waals surface area contributed by atoms with Gasteiger partial charge in [-0.15, -0.1) is 0 Å². The van der Waals surface area contributed by atoms with E-state index in [-0.39, 0.29) is 31.6 Å². The highest BCUT2D eigenvalue weighted by Crippen LogP contribution is 2.37. The molecule has 20 atom stereocenters. The van der Waals surface area contributed by atoms with Crippen LogP contribution in [0.3, 0.4) is 0 Å². The fraction of sp³-hybridized carbons (Fsp3) is 0.574. The van der Waals surface area contributed by atoms with Crippen molar-refractivity contribution in [2.45, 2.75) is 177 Å². The highest BCUT2D eigenvalue weighted by atomic mass is 31.1. The van der Waals surface area contributed by atoms with Crippen molar-refractivity contribution in [3.63, 3.8) is 0 Å². The third-order valence-electron chi connectivity index (χ3n) is 13.1. The molecule has 1 fully saturated rings. The second-order valence-corrected chi connectivity index (χ2v) is 20.4. The number of rotatable bonds is 7. The van der Waals surface area contributed by atoms with Gasteiger partial charge in [0, 0.05) is 36.7 Å². The maximum Gasteiger partial charge on any atom is 0.529 e. The second kappa shape index (κ2) is 33.7. The predicted molar refractivity (Wildman–Crippen MR) is 276 cm³/mol. The Balaban J connectivity index is 1.87. The predicted octanol–water partition coefficient (Wildman–Crippen LogP) is 2.62. The van der Waals surface area contributed by atoms with Crippen LogP contribution in [0.4, 0.5) is 0 Å². The zero-order chi connectivity index (χ0) is 55.8. The third kappa shape index (κ3) is 23.0. The number of aliphatic carboxylic acids is 1. The average Bonchev–Trinajstić information content (AvgIpc) is 3.33. The van der Waals surface area contributed by atoms with E-state index in [0.717, 1.165) is 0 Å². The lowest BCUT2D eigenvalue weighted by Gasteiger charge is -2.43. The number of hydrogen-bond donors (Lipinski definition) is 13. The van der Waals surface area contributed by atoms with Crippen LogP contribution < -0.4 is 5.32 Å². The second-order valence-electron chi connectivity index (χ2n) is 19.3. The Morgan fingerprint density at radius 2 is 1.17 bits per heavy atom. The van der Waals surface area contributed by atoms with Crippen LogP contribution in [-0.2, 0) is 33.2 Å². The Morgan fingerprint density at radius 1 is 0.627 bits per heavy atom. The summed E-state index contributed by atoms with van der Waals surface area (Å²) in [6.45, 7) is 6.63. The maximum absolute atomic E-state index is 13.1. The van der Waals surface area contributed by atoms with Crippen LogP contribution >= 0.6 is 8.03 Å². The van der Waals surface area contributed by atoms with Crippen molar-refractivity contribution in [1.82, 2.24) is 5.32 Å². The van der Waals surface area contributed by atoms with E-state index in [1.54, 1.807) is 117 Å². The minimum absolute atomic E-state index is 0.171. The van der Waals surface area contributed by atoms with Gasteiger partial charge in [-0.1, -0.05) is 129 Å². The smallest absolute Gasteiger partial charge is 0.481 e. The van der Waals surface area contributed by atoms with E-state index < -0.39 is 161 Å². The highest BCUT2D eigenvalue weighted by molar-refractivity contribution is 7.38. The molecule has 2 heterocycles. The monoisotopic (exact) mass is 1080 g/mol. The Kier molecular flexibility index (Phi) is 29.1. The molecule has 0 aliphatic carbocycles. The fourth-order valence-corrected chi connectivity index (χ4v) is 9.29. The van der Waals surface area contributed by atoms with Gasteiger partial charge < -0.3 is 70.4 Å². The highest BCUT2D eigenvalue weighted by Gasteiger charge is 2.48. The van der Waals surface area contributed by atoms with Crippen molar-refractivity contribution in [3.05, 3.63) is 121 Å². The van der Waals surface area contributed by atoms with Crippen LogP contribution in [0.5, 0.6) is 0 Å². The van der Waals surface area contributed by atoms with Crippen LogP contribution in [-0.4, -0.2) is 170 Å². The molecule has 1 aromatic carbocycles. The molecule has 0 aromatic heterocycles. The van der Waals surface area contributed by atoms with Gasteiger partial charge in [0.1, 0.15) is 23.9 Å². The average molecular weight is 1080 g/mol. The summed E-state index contributed by atoms with van der Waals surface area (Å²) in [5.74, 6) is -7.37. The van der Waals surface area contributed by atoms with Gasteiger partial charge in [0.05, 0.1) is 79.6 Å². The topological polar surface area (TPSA) is 351 Å². The fourth-order valence-electron chi connectivity index (χ4n) is 8.56. The lowest BCUT2D eigenvalue weighted by atomic mass is 9.88. The van der Waals surface area contributed by atoms with Crippen LogP contribution in [0.15, 0.2) is 115 Å². The van der Waals surface area contributed by atoms with Crippen LogP contribution in [0.25, 0.3) is 0 Å². The number of aliphatic hydroxyl groups excluding tert-OH is 10. The summed E-state index contributed by atoms with van der Waals surface area (Å²) in [6, 6.07) is 6.86. The number of carboxylic acids is 1. The Hall–Kier alpha value is -4.45. The van der Waals surface area contributed by atoms with E-state index >= 15 is 0 Å². The number of benzene rings is 1. The van der Waals surface area contributed by atoms with Gasteiger partial charge in [-0.2, -0.15) is 4.89 Å². The summed E-state index contributed by atoms with van der Waals surface area (Å²) in [4.78, 5) is 48.5. The molecule has 1 saturated heterocycles. The molecule has 13 N–H and O–H groups in total. The van der Waals surface area contributed by atoms with E-state index in [1.807, 2.05) is 6.92 Å². The van der Waals surface area contributed by atoms with Crippen molar-refractivity contribution in [1.29, 1.82) is 0 Å². The summed E-state index contributed by atoms with van der Waals surface area (Å²) in [5, 5.41) is 122. The summed E-state index contributed by atoms with van der Waals surface area (Å²) >= 11 is 0. The first kappa shape index (κ1) is 64.8. The number of nitrogens with one attached hydrogen (secondary N) is 1. The zero-order valence-electron chi connectivity index (χ0n) is 42.8. The molecule has 0 spiro atoms. The lowest BCUT2D eigenvalue weighted by Crippen LogP contribution is -2.63. The van der Waals surface area contributed by atoms with Crippen molar-refractivity contribution < 1.29 is 94.2 Å². The summed E-state index contributed by atoms with van der Waals surface area (Å²) in [7, 11) is -2.94. The summed E-state index contributed by atoms with van der Waals surface area (Å²) in [5.41, 5.74) is 0.389. The normalized spacial score (nSPS) is 39.2. The van der Waals surface area contributed by atoms with Gasteiger partial charge in [-0.25, -0.2) is 0 Å². The maximum atomic E-state index is 13.1. The largest absolute Gasteiger partial charge is 0.529 e. The number of cyclic esters (lactones) is 1. The number of aliphatic hydroxyl groups is 10. The van der Waals surface area contributed by atoms with Crippen LogP contribution in [0, 0.1) is 17.8 Å². The molecular formula is C54H79NO19P+. The molecule has 418 valence electrons.